The summed E-state index contributed by atoms with van der Waals surface area (Å²) in [6.07, 6.45) is 4.14. The van der Waals surface area contributed by atoms with E-state index in [-0.39, 0.29) is 11.8 Å². The zero-order chi connectivity index (χ0) is 25.8. The summed E-state index contributed by atoms with van der Waals surface area (Å²) in [4.78, 5) is 18.0. The number of imidazole rings is 1. The third kappa shape index (κ3) is 5.41. The summed E-state index contributed by atoms with van der Waals surface area (Å²) >= 11 is 0. The zero-order valence-corrected chi connectivity index (χ0v) is 21.4. The first-order chi connectivity index (χ1) is 18.0. The number of aromatic nitrogens is 2. The summed E-state index contributed by atoms with van der Waals surface area (Å²) in [7, 11) is 0. The fraction of sp³-hybridized carbons (Fsp3) is 0.188. The Morgan fingerprint density at radius 3 is 2.46 bits per heavy atom. The lowest BCUT2D eigenvalue weighted by Gasteiger charge is -2.20. The zero-order valence-electron chi connectivity index (χ0n) is 21.4. The van der Waals surface area contributed by atoms with Crippen molar-refractivity contribution >= 4 is 17.2 Å². The average Bonchev–Trinajstić information content (AvgIpc) is 3.34. The molecule has 1 atom stereocenters. The predicted octanol–water partition coefficient (Wildman–Crippen LogP) is 7.00. The number of aryl methyl sites for hydroxylation is 3. The van der Waals surface area contributed by atoms with E-state index in [1.807, 2.05) is 89.6 Å². The highest BCUT2D eigenvalue weighted by atomic mass is 16.5. The van der Waals surface area contributed by atoms with E-state index in [2.05, 4.69) is 38.2 Å². The maximum Gasteiger partial charge on any atom is 0.225 e. The number of rotatable bonds is 8. The van der Waals surface area contributed by atoms with Gasteiger partial charge in [-0.05, 0) is 72.9 Å². The van der Waals surface area contributed by atoms with Crippen LogP contribution in [0.5, 0.6) is 5.75 Å². The molecule has 0 aliphatic rings. The number of hydrogen-bond acceptors (Lipinski definition) is 3. The van der Waals surface area contributed by atoms with Gasteiger partial charge in [0.2, 0.25) is 5.91 Å². The van der Waals surface area contributed by atoms with Gasteiger partial charge in [0.25, 0.3) is 0 Å². The molecule has 0 radical (unpaired) electrons. The van der Waals surface area contributed by atoms with Crippen molar-refractivity contribution in [3.63, 3.8) is 0 Å². The summed E-state index contributed by atoms with van der Waals surface area (Å²) in [5.41, 5.74) is 8.19. The van der Waals surface area contributed by atoms with Crippen molar-refractivity contribution in [1.29, 1.82) is 0 Å². The molecular formula is C32H31N3O2. The maximum atomic E-state index is 13.3. The number of carbonyl (C=O) groups is 1. The molecule has 1 unspecified atom stereocenters. The molecule has 5 rings (SSSR count). The first-order valence-corrected chi connectivity index (χ1v) is 12.5. The summed E-state index contributed by atoms with van der Waals surface area (Å²) in [6, 6.07) is 28.2. The maximum absolute atomic E-state index is 13.3. The molecule has 0 bridgehead atoms. The highest BCUT2D eigenvalue weighted by molar-refractivity contribution is 5.91. The lowest BCUT2D eigenvalue weighted by Crippen LogP contribution is -2.18. The standard InChI is InChI=1S/C32H31N3O2/c1-22-15-16-26(18-24(22)3)34-31(36)19-28(27-13-8-7-10-23(27)2)29-20-33-32-30(14-9-17-35(29)32)37-21-25-11-5-4-6-12-25/h4-18,20,28H,19,21H2,1-3H3,(H,34,36). The molecule has 5 heteroatoms. The van der Waals surface area contributed by atoms with Crippen LogP contribution in [-0.2, 0) is 11.4 Å². The van der Waals surface area contributed by atoms with E-state index >= 15 is 0 Å². The molecule has 2 heterocycles. The number of carbonyl (C=O) groups excluding carboxylic acids is 1. The van der Waals surface area contributed by atoms with Crippen LogP contribution in [0.4, 0.5) is 5.69 Å². The van der Waals surface area contributed by atoms with Crippen molar-refractivity contribution in [3.8, 4) is 5.75 Å². The van der Waals surface area contributed by atoms with Crippen molar-refractivity contribution in [2.24, 2.45) is 0 Å². The average molecular weight is 490 g/mol. The molecule has 0 saturated carbocycles. The van der Waals surface area contributed by atoms with Crippen LogP contribution in [0.15, 0.2) is 97.3 Å². The van der Waals surface area contributed by atoms with Crippen LogP contribution < -0.4 is 10.1 Å². The quantitative estimate of drug-likeness (QED) is 0.255. The first-order valence-electron chi connectivity index (χ1n) is 12.5. The van der Waals surface area contributed by atoms with Gasteiger partial charge in [0.05, 0.1) is 5.69 Å². The second-order valence-corrected chi connectivity index (χ2v) is 9.48. The van der Waals surface area contributed by atoms with Gasteiger partial charge >= 0.3 is 0 Å². The van der Waals surface area contributed by atoms with E-state index in [9.17, 15) is 4.79 Å². The Bertz CT molecular complexity index is 1540. The lowest BCUT2D eigenvalue weighted by molar-refractivity contribution is -0.116. The Labute approximate surface area is 217 Å². The van der Waals surface area contributed by atoms with E-state index in [1.54, 1.807) is 0 Å². The Balaban J connectivity index is 1.46. The molecule has 37 heavy (non-hydrogen) atoms. The first kappa shape index (κ1) is 24.3. The van der Waals surface area contributed by atoms with E-state index in [1.165, 1.54) is 5.56 Å². The van der Waals surface area contributed by atoms with Gasteiger partial charge < -0.3 is 14.5 Å². The molecule has 0 spiro atoms. The van der Waals surface area contributed by atoms with Crippen molar-refractivity contribution in [2.75, 3.05) is 5.32 Å². The second kappa shape index (κ2) is 10.7. The number of hydrogen-bond donors (Lipinski definition) is 1. The van der Waals surface area contributed by atoms with Gasteiger partial charge in [0, 0.05) is 30.4 Å². The number of anilines is 1. The Kier molecular flexibility index (Phi) is 7.04. The predicted molar refractivity (Wildman–Crippen MR) is 148 cm³/mol. The normalized spacial score (nSPS) is 11.9. The van der Waals surface area contributed by atoms with Crippen molar-refractivity contribution in [3.05, 3.63) is 131 Å². The van der Waals surface area contributed by atoms with Crippen molar-refractivity contribution < 1.29 is 9.53 Å². The van der Waals surface area contributed by atoms with Crippen LogP contribution in [0.3, 0.4) is 0 Å². The fourth-order valence-corrected chi connectivity index (χ4v) is 4.68. The van der Waals surface area contributed by atoms with Gasteiger partial charge in [-0.3, -0.25) is 4.79 Å². The minimum Gasteiger partial charge on any atom is -0.485 e. The molecule has 2 aromatic heterocycles. The number of nitrogens with zero attached hydrogens (tertiary/aromatic N) is 2. The van der Waals surface area contributed by atoms with Gasteiger partial charge in [0.15, 0.2) is 11.4 Å². The third-order valence-electron chi connectivity index (χ3n) is 6.87. The molecule has 3 aromatic carbocycles. The van der Waals surface area contributed by atoms with Gasteiger partial charge in [-0.25, -0.2) is 4.98 Å². The van der Waals surface area contributed by atoms with Crippen LogP contribution in [0.25, 0.3) is 5.65 Å². The number of nitrogens with one attached hydrogen (secondary N) is 1. The van der Waals surface area contributed by atoms with E-state index in [0.717, 1.165) is 39.3 Å². The highest BCUT2D eigenvalue weighted by Crippen LogP contribution is 2.33. The summed E-state index contributed by atoms with van der Waals surface area (Å²) < 4.78 is 8.19. The van der Waals surface area contributed by atoms with Crippen LogP contribution >= 0.6 is 0 Å². The van der Waals surface area contributed by atoms with E-state index in [0.29, 0.717) is 18.8 Å². The minimum absolute atomic E-state index is 0.0389. The summed E-state index contributed by atoms with van der Waals surface area (Å²) in [6.45, 7) is 6.66. The molecule has 1 amide bonds. The summed E-state index contributed by atoms with van der Waals surface area (Å²) in [5.74, 6) is 0.496. The fourth-order valence-electron chi connectivity index (χ4n) is 4.68. The van der Waals surface area contributed by atoms with Crippen LogP contribution in [0, 0.1) is 20.8 Å². The molecule has 0 aliphatic heterocycles. The monoisotopic (exact) mass is 489 g/mol. The van der Waals surface area contributed by atoms with Crippen molar-refractivity contribution in [2.45, 2.75) is 39.7 Å². The SMILES string of the molecule is Cc1ccc(NC(=O)CC(c2ccccc2C)c2cnc3c(OCc4ccccc4)cccn23)cc1C. The molecule has 0 aliphatic carbocycles. The van der Waals surface area contributed by atoms with E-state index in [4.69, 9.17) is 9.72 Å². The number of fused-ring (bicyclic) bond motifs is 1. The lowest BCUT2D eigenvalue weighted by atomic mass is 9.89. The van der Waals surface area contributed by atoms with Crippen LogP contribution in [0.1, 0.15) is 45.8 Å². The molecule has 1 N–H and O–H groups in total. The molecule has 5 nitrogen and oxygen atoms in total. The van der Waals surface area contributed by atoms with Gasteiger partial charge in [0.1, 0.15) is 6.61 Å². The molecule has 0 saturated heterocycles. The van der Waals surface area contributed by atoms with Gasteiger partial charge in [-0.15, -0.1) is 0 Å². The van der Waals surface area contributed by atoms with Crippen LogP contribution in [-0.4, -0.2) is 15.3 Å². The Hall–Kier alpha value is -4.38. The number of amides is 1. The molecule has 0 fully saturated rings. The summed E-state index contributed by atoms with van der Waals surface area (Å²) in [5, 5.41) is 3.10. The Morgan fingerprint density at radius 1 is 0.892 bits per heavy atom. The third-order valence-corrected chi connectivity index (χ3v) is 6.87. The largest absolute Gasteiger partial charge is 0.485 e. The topological polar surface area (TPSA) is 55.6 Å². The second-order valence-electron chi connectivity index (χ2n) is 9.48. The highest BCUT2D eigenvalue weighted by Gasteiger charge is 2.24. The van der Waals surface area contributed by atoms with Gasteiger partial charge in [-0.1, -0.05) is 60.7 Å². The Morgan fingerprint density at radius 2 is 1.68 bits per heavy atom. The number of benzene rings is 3. The number of ether oxygens (including phenoxy) is 1. The van der Waals surface area contributed by atoms with Crippen LogP contribution in [0.2, 0.25) is 0 Å². The molecular weight excluding hydrogens is 458 g/mol. The molecule has 186 valence electrons. The van der Waals surface area contributed by atoms with E-state index < -0.39 is 0 Å². The number of pyridine rings is 1. The van der Waals surface area contributed by atoms with Crippen molar-refractivity contribution in [1.82, 2.24) is 9.38 Å². The van der Waals surface area contributed by atoms with Gasteiger partial charge in [-0.2, -0.15) is 0 Å². The molecule has 5 aromatic rings. The smallest absolute Gasteiger partial charge is 0.225 e. The minimum atomic E-state index is -0.174.